The van der Waals surface area contributed by atoms with Gasteiger partial charge in [-0.1, -0.05) is 20.8 Å². The molecule has 2 aromatic heterocycles. The Kier molecular flexibility index (Phi) is 5.28. The van der Waals surface area contributed by atoms with Gasteiger partial charge in [0.15, 0.2) is 0 Å². The number of hydrogen-bond donors (Lipinski definition) is 2. The minimum Gasteiger partial charge on any atom is -0.478 e. The molecule has 0 spiro atoms. The molecule has 2 rings (SSSR count). The first-order valence-electron chi connectivity index (χ1n) is 7.71. The molecular formula is C18H20N2O4. The van der Waals surface area contributed by atoms with Gasteiger partial charge in [-0.2, -0.15) is 0 Å². The summed E-state index contributed by atoms with van der Waals surface area (Å²) in [4.78, 5) is 30.9. The first-order chi connectivity index (χ1) is 11.3. The zero-order chi connectivity index (χ0) is 17.9. The lowest BCUT2D eigenvalue weighted by Crippen LogP contribution is -2.08. The minimum atomic E-state index is -1.01. The monoisotopic (exact) mass is 328 g/mol. The Labute approximate surface area is 140 Å². The number of aromatic nitrogens is 2. The normalized spacial score (nSPS) is 12.2. The van der Waals surface area contributed by atoms with E-state index in [1.807, 2.05) is 20.8 Å². The van der Waals surface area contributed by atoms with Crippen LogP contribution < -0.4 is 0 Å². The van der Waals surface area contributed by atoms with E-state index in [2.05, 4.69) is 9.97 Å². The molecule has 0 aliphatic rings. The maximum atomic E-state index is 11.3. The van der Waals surface area contributed by atoms with Gasteiger partial charge in [0.1, 0.15) is 0 Å². The summed E-state index contributed by atoms with van der Waals surface area (Å²) in [5.41, 5.74) is 2.54. The van der Waals surface area contributed by atoms with Crippen LogP contribution in [0.4, 0.5) is 0 Å². The van der Waals surface area contributed by atoms with Crippen molar-refractivity contribution in [2.45, 2.75) is 39.0 Å². The molecule has 2 aromatic rings. The summed E-state index contributed by atoms with van der Waals surface area (Å²) in [5, 5.41) is 18.2. The second-order valence-electron chi connectivity index (χ2n) is 6.11. The molecular weight excluding hydrogens is 308 g/mol. The van der Waals surface area contributed by atoms with Crippen molar-refractivity contribution in [1.29, 1.82) is 0 Å². The average Bonchev–Trinajstić information content (AvgIpc) is 2.54. The van der Waals surface area contributed by atoms with E-state index in [9.17, 15) is 14.7 Å². The van der Waals surface area contributed by atoms with E-state index in [0.29, 0.717) is 12.1 Å². The number of aromatic carboxylic acids is 2. The summed E-state index contributed by atoms with van der Waals surface area (Å²) in [5.74, 6) is -1.87. The van der Waals surface area contributed by atoms with Crippen LogP contribution >= 0.6 is 0 Å². The fraction of sp³-hybridized carbons (Fsp3) is 0.333. The highest BCUT2D eigenvalue weighted by Crippen LogP contribution is 2.21. The number of nitrogens with zero attached hydrogens (tertiary/aromatic N) is 2. The minimum absolute atomic E-state index is 0.00981. The molecule has 0 aliphatic carbocycles. The first-order valence-corrected chi connectivity index (χ1v) is 7.71. The van der Waals surface area contributed by atoms with Crippen LogP contribution in [0.3, 0.4) is 0 Å². The van der Waals surface area contributed by atoms with Crippen LogP contribution in [0.2, 0.25) is 0 Å². The van der Waals surface area contributed by atoms with Crippen LogP contribution in [0, 0.1) is 0 Å². The summed E-state index contributed by atoms with van der Waals surface area (Å²) in [6, 6.07) is 6.37. The van der Waals surface area contributed by atoms with E-state index < -0.39 is 11.9 Å². The van der Waals surface area contributed by atoms with E-state index in [0.717, 1.165) is 11.4 Å². The predicted molar refractivity (Wildman–Crippen MR) is 88.6 cm³/mol. The number of rotatable bonds is 6. The summed E-state index contributed by atoms with van der Waals surface area (Å²) in [6.07, 6.45) is 1.86. The van der Waals surface area contributed by atoms with Crippen LogP contribution in [-0.2, 0) is 6.42 Å². The molecule has 1 atom stereocenters. The second-order valence-corrected chi connectivity index (χ2v) is 6.11. The van der Waals surface area contributed by atoms with Crippen molar-refractivity contribution in [3.8, 4) is 0 Å². The molecule has 6 heteroatoms. The van der Waals surface area contributed by atoms with Crippen molar-refractivity contribution in [3.05, 3.63) is 58.7 Å². The quantitative estimate of drug-likeness (QED) is 0.843. The second kappa shape index (κ2) is 7.21. The predicted octanol–water partition coefficient (Wildman–Crippen LogP) is 3.34. The highest BCUT2D eigenvalue weighted by atomic mass is 16.4. The molecule has 2 heterocycles. The lowest BCUT2D eigenvalue weighted by Gasteiger charge is -2.13. The molecule has 0 aromatic carbocycles. The fourth-order valence-electron chi connectivity index (χ4n) is 2.38. The van der Waals surface area contributed by atoms with Crippen LogP contribution in [0.5, 0.6) is 0 Å². The molecule has 0 bridgehead atoms. The molecule has 2 N–H and O–H groups in total. The smallest absolute Gasteiger partial charge is 0.337 e. The number of carboxylic acid groups (broad SMARTS) is 2. The number of carbonyl (C=O) groups is 2. The molecule has 0 fully saturated rings. The average molecular weight is 328 g/mol. The van der Waals surface area contributed by atoms with E-state index in [1.165, 1.54) is 12.3 Å². The van der Waals surface area contributed by atoms with E-state index in [4.69, 9.17) is 5.11 Å². The summed E-state index contributed by atoms with van der Waals surface area (Å²) in [7, 11) is 0. The molecule has 0 aliphatic heterocycles. The molecule has 0 radical (unpaired) electrons. The van der Waals surface area contributed by atoms with Crippen LogP contribution in [0.1, 0.15) is 70.4 Å². The van der Waals surface area contributed by atoms with Gasteiger partial charge in [-0.3, -0.25) is 9.97 Å². The fourth-order valence-corrected chi connectivity index (χ4v) is 2.38. The van der Waals surface area contributed by atoms with Crippen molar-refractivity contribution in [2.24, 2.45) is 0 Å². The van der Waals surface area contributed by atoms with Crippen molar-refractivity contribution in [3.63, 3.8) is 0 Å². The van der Waals surface area contributed by atoms with Gasteiger partial charge in [0.2, 0.25) is 0 Å². The lowest BCUT2D eigenvalue weighted by molar-refractivity contribution is 0.0685. The summed E-state index contributed by atoms with van der Waals surface area (Å²) >= 11 is 0. The Morgan fingerprint density at radius 3 is 2.17 bits per heavy atom. The first kappa shape index (κ1) is 17.6. The third-order valence-electron chi connectivity index (χ3n) is 3.79. The number of hydrogen-bond acceptors (Lipinski definition) is 4. The Bertz CT molecular complexity index is 754. The van der Waals surface area contributed by atoms with Crippen molar-refractivity contribution in [1.82, 2.24) is 9.97 Å². The van der Waals surface area contributed by atoms with E-state index in [1.54, 1.807) is 18.2 Å². The van der Waals surface area contributed by atoms with Gasteiger partial charge in [-0.05, 0) is 36.6 Å². The Hall–Kier alpha value is -2.76. The molecule has 0 amide bonds. The maximum Gasteiger partial charge on any atom is 0.337 e. The third kappa shape index (κ3) is 4.16. The summed E-state index contributed by atoms with van der Waals surface area (Å²) in [6.45, 7) is 5.88. The Morgan fingerprint density at radius 2 is 1.67 bits per heavy atom. The highest BCUT2D eigenvalue weighted by Gasteiger charge is 2.15. The largest absolute Gasteiger partial charge is 0.478 e. The zero-order valence-corrected chi connectivity index (χ0v) is 13.9. The topological polar surface area (TPSA) is 100 Å². The van der Waals surface area contributed by atoms with Crippen molar-refractivity contribution in [2.75, 3.05) is 0 Å². The van der Waals surface area contributed by atoms with E-state index >= 15 is 0 Å². The molecule has 6 nitrogen and oxygen atoms in total. The standard InChI is InChI=1S/C18H20N2O4/c1-10(2)16-8-13(18(23)24)7-14(20-16)6-11(3)15-5-4-12(9-19-15)17(21)22/h4-5,7-11H,6H2,1-3H3,(H,21,22)(H,23,24). The van der Waals surface area contributed by atoms with Crippen LogP contribution in [-0.4, -0.2) is 32.1 Å². The van der Waals surface area contributed by atoms with Gasteiger partial charge >= 0.3 is 11.9 Å². The number of carboxylic acids is 2. The third-order valence-corrected chi connectivity index (χ3v) is 3.79. The van der Waals surface area contributed by atoms with Crippen molar-refractivity contribution >= 4 is 11.9 Å². The van der Waals surface area contributed by atoms with Gasteiger partial charge in [-0.25, -0.2) is 9.59 Å². The van der Waals surface area contributed by atoms with E-state index in [-0.39, 0.29) is 23.0 Å². The molecule has 0 saturated heterocycles. The molecule has 1 unspecified atom stereocenters. The molecule has 126 valence electrons. The van der Waals surface area contributed by atoms with Gasteiger partial charge in [0, 0.05) is 29.2 Å². The zero-order valence-electron chi connectivity index (χ0n) is 13.9. The van der Waals surface area contributed by atoms with Crippen molar-refractivity contribution < 1.29 is 19.8 Å². The highest BCUT2D eigenvalue weighted by molar-refractivity contribution is 5.88. The molecule has 0 saturated carbocycles. The van der Waals surface area contributed by atoms with Crippen LogP contribution in [0.15, 0.2) is 30.5 Å². The van der Waals surface area contributed by atoms with Crippen LogP contribution in [0.25, 0.3) is 0 Å². The summed E-state index contributed by atoms with van der Waals surface area (Å²) < 4.78 is 0. The van der Waals surface area contributed by atoms with Gasteiger partial charge in [-0.15, -0.1) is 0 Å². The Balaban J connectivity index is 2.25. The lowest BCUT2D eigenvalue weighted by atomic mass is 9.98. The SMILES string of the molecule is CC(C)c1cc(C(=O)O)cc(CC(C)c2ccc(C(=O)O)cn2)n1. The van der Waals surface area contributed by atoms with Gasteiger partial charge in [0.05, 0.1) is 11.1 Å². The Morgan fingerprint density at radius 1 is 1.00 bits per heavy atom. The molecule has 24 heavy (non-hydrogen) atoms. The maximum absolute atomic E-state index is 11.3. The number of pyridine rings is 2. The van der Waals surface area contributed by atoms with Gasteiger partial charge < -0.3 is 10.2 Å². The van der Waals surface area contributed by atoms with Gasteiger partial charge in [0.25, 0.3) is 0 Å².